The minimum Gasteiger partial charge on any atom is -0.497 e. The van der Waals surface area contributed by atoms with E-state index >= 15 is 0 Å². The highest BCUT2D eigenvalue weighted by Gasteiger charge is 2.54. The molecule has 2 aromatic rings. The van der Waals surface area contributed by atoms with Crippen LogP contribution in [-0.4, -0.2) is 42.8 Å². The second-order valence-corrected chi connectivity index (χ2v) is 6.87. The van der Waals surface area contributed by atoms with E-state index in [4.69, 9.17) is 9.47 Å². The van der Waals surface area contributed by atoms with Gasteiger partial charge in [0, 0.05) is 12.0 Å². The Hall–Kier alpha value is -2.53. The molecular weight excluding hydrogens is 328 g/mol. The number of nitrogens with zero attached hydrogens (tertiary/aromatic N) is 2. The largest absolute Gasteiger partial charge is 0.497 e. The minimum absolute atomic E-state index is 0.570. The standard InChI is InChI=1S/C21H25N2O3/c1-25-18-10-6-16(7-11-18)21(24)15-22-14-4-3-5-20(22)23(21)17-8-12-19(26-2)13-9-17/h6-13,24H,3-5,14-15H2,1-2H3/q+1/t21-/m1/s1. The first-order valence-corrected chi connectivity index (χ1v) is 9.08. The highest BCUT2D eigenvalue weighted by molar-refractivity contribution is 5.97. The van der Waals surface area contributed by atoms with Crippen molar-refractivity contribution in [2.24, 2.45) is 0 Å². The number of hydrogen-bond acceptors (Lipinski definition) is 4. The van der Waals surface area contributed by atoms with Crippen LogP contribution in [0.1, 0.15) is 24.8 Å². The molecule has 0 amide bonds. The SMILES string of the molecule is COc1ccc(N2C3=[N+](CCCC3)C[C@@]2(O)c2ccc(OC)cc2)cc1. The van der Waals surface area contributed by atoms with Gasteiger partial charge >= 0.3 is 0 Å². The third-order valence-electron chi connectivity index (χ3n) is 5.37. The van der Waals surface area contributed by atoms with Crippen LogP contribution in [0.15, 0.2) is 48.5 Å². The predicted octanol–water partition coefficient (Wildman–Crippen LogP) is 2.96. The van der Waals surface area contributed by atoms with E-state index < -0.39 is 5.72 Å². The number of anilines is 1. The van der Waals surface area contributed by atoms with Gasteiger partial charge in [-0.25, -0.2) is 0 Å². The monoisotopic (exact) mass is 353 g/mol. The van der Waals surface area contributed by atoms with Gasteiger partial charge in [0.05, 0.1) is 20.8 Å². The number of ether oxygens (including phenoxy) is 2. The van der Waals surface area contributed by atoms with Crippen molar-refractivity contribution in [3.63, 3.8) is 0 Å². The van der Waals surface area contributed by atoms with E-state index in [1.165, 1.54) is 12.3 Å². The second kappa shape index (κ2) is 6.65. The number of rotatable bonds is 4. The first-order valence-electron chi connectivity index (χ1n) is 9.08. The van der Waals surface area contributed by atoms with Gasteiger partial charge in [-0.05, 0) is 61.4 Å². The van der Waals surface area contributed by atoms with Gasteiger partial charge in [0.1, 0.15) is 17.2 Å². The molecule has 2 aliphatic heterocycles. The van der Waals surface area contributed by atoms with E-state index in [1.807, 2.05) is 48.5 Å². The van der Waals surface area contributed by atoms with Gasteiger partial charge in [0.25, 0.3) is 11.6 Å². The molecule has 0 saturated heterocycles. The molecule has 1 atom stereocenters. The van der Waals surface area contributed by atoms with Gasteiger partial charge in [-0.2, -0.15) is 4.90 Å². The van der Waals surface area contributed by atoms with Crippen molar-refractivity contribution in [3.05, 3.63) is 54.1 Å². The lowest BCUT2D eigenvalue weighted by Gasteiger charge is -2.29. The Bertz CT molecular complexity index is 814. The van der Waals surface area contributed by atoms with Gasteiger partial charge in [0.2, 0.25) is 0 Å². The van der Waals surface area contributed by atoms with Crippen LogP contribution in [0.4, 0.5) is 5.69 Å². The first-order chi connectivity index (χ1) is 12.7. The molecule has 4 rings (SSSR count). The lowest BCUT2D eigenvalue weighted by atomic mass is 10.0. The summed E-state index contributed by atoms with van der Waals surface area (Å²) in [6.45, 7) is 1.56. The molecule has 0 aliphatic carbocycles. The van der Waals surface area contributed by atoms with Crippen LogP contribution in [0.25, 0.3) is 0 Å². The van der Waals surface area contributed by atoms with Gasteiger partial charge in [-0.15, -0.1) is 0 Å². The summed E-state index contributed by atoms with van der Waals surface area (Å²) >= 11 is 0. The molecule has 2 aliphatic rings. The Morgan fingerprint density at radius 1 is 0.923 bits per heavy atom. The number of aliphatic hydroxyl groups is 1. The van der Waals surface area contributed by atoms with E-state index in [9.17, 15) is 5.11 Å². The molecule has 0 saturated carbocycles. The lowest BCUT2D eigenvalue weighted by molar-refractivity contribution is -0.538. The maximum Gasteiger partial charge on any atom is 0.275 e. The molecule has 0 fully saturated rings. The summed E-state index contributed by atoms with van der Waals surface area (Å²) in [5.74, 6) is 2.79. The van der Waals surface area contributed by atoms with Crippen LogP contribution in [0.2, 0.25) is 0 Å². The lowest BCUT2D eigenvalue weighted by Crippen LogP contribution is -2.47. The zero-order valence-electron chi connectivity index (χ0n) is 15.3. The van der Waals surface area contributed by atoms with Crippen molar-refractivity contribution >= 4 is 11.5 Å². The average Bonchev–Trinajstić information content (AvgIpc) is 3.01. The molecular formula is C21H25N2O3+. The summed E-state index contributed by atoms with van der Waals surface area (Å²) in [5, 5.41) is 11.8. The molecule has 0 unspecified atom stereocenters. The third-order valence-corrected chi connectivity index (χ3v) is 5.37. The van der Waals surface area contributed by atoms with Crippen LogP contribution in [0.3, 0.4) is 0 Å². The smallest absolute Gasteiger partial charge is 0.275 e. The Morgan fingerprint density at radius 3 is 2.15 bits per heavy atom. The molecule has 0 radical (unpaired) electrons. The average molecular weight is 353 g/mol. The van der Waals surface area contributed by atoms with Gasteiger partial charge < -0.3 is 14.6 Å². The fraction of sp³-hybridized carbons (Fsp3) is 0.381. The van der Waals surface area contributed by atoms with Crippen LogP contribution in [0, 0.1) is 0 Å². The summed E-state index contributed by atoms with van der Waals surface area (Å²) in [6, 6.07) is 15.6. The van der Waals surface area contributed by atoms with E-state index in [0.717, 1.165) is 42.1 Å². The van der Waals surface area contributed by atoms with Gasteiger partial charge in [-0.1, -0.05) is 0 Å². The molecule has 5 nitrogen and oxygen atoms in total. The molecule has 2 aromatic carbocycles. The number of hydrogen-bond donors (Lipinski definition) is 1. The molecule has 5 heteroatoms. The van der Waals surface area contributed by atoms with Gasteiger partial charge in [-0.3, -0.25) is 4.58 Å². The van der Waals surface area contributed by atoms with Crippen molar-refractivity contribution in [2.45, 2.75) is 25.0 Å². The highest BCUT2D eigenvalue weighted by Crippen LogP contribution is 2.38. The molecule has 2 heterocycles. The summed E-state index contributed by atoms with van der Waals surface area (Å²) in [6.07, 6.45) is 3.29. The molecule has 0 bridgehead atoms. The van der Waals surface area contributed by atoms with Crippen LogP contribution < -0.4 is 14.4 Å². The summed E-state index contributed by atoms with van der Waals surface area (Å²) in [5.41, 5.74) is 0.750. The fourth-order valence-corrected chi connectivity index (χ4v) is 4.02. The summed E-state index contributed by atoms with van der Waals surface area (Å²) in [4.78, 5) is 2.09. The normalized spacial score (nSPS) is 22.3. The molecule has 1 N–H and O–H groups in total. The molecule has 0 spiro atoms. The maximum absolute atomic E-state index is 11.8. The third kappa shape index (κ3) is 2.72. The van der Waals surface area contributed by atoms with E-state index in [1.54, 1.807) is 14.2 Å². The number of methoxy groups -OCH3 is 2. The van der Waals surface area contributed by atoms with Crippen LogP contribution in [0.5, 0.6) is 11.5 Å². The second-order valence-electron chi connectivity index (χ2n) is 6.87. The Labute approximate surface area is 154 Å². The fourth-order valence-electron chi connectivity index (χ4n) is 4.02. The predicted molar refractivity (Wildman–Crippen MR) is 101 cm³/mol. The topological polar surface area (TPSA) is 44.9 Å². The van der Waals surface area contributed by atoms with E-state index in [0.29, 0.717) is 6.54 Å². The Morgan fingerprint density at radius 2 is 1.54 bits per heavy atom. The van der Waals surface area contributed by atoms with Crippen molar-refractivity contribution in [3.8, 4) is 11.5 Å². The van der Waals surface area contributed by atoms with Crippen LogP contribution in [-0.2, 0) is 5.72 Å². The first kappa shape index (κ1) is 16.9. The van der Waals surface area contributed by atoms with E-state index in [-0.39, 0.29) is 0 Å². The summed E-state index contributed by atoms with van der Waals surface area (Å²) < 4.78 is 12.9. The van der Waals surface area contributed by atoms with E-state index in [2.05, 4.69) is 9.48 Å². The molecule has 26 heavy (non-hydrogen) atoms. The number of amidine groups is 1. The molecule has 136 valence electrons. The van der Waals surface area contributed by atoms with Gasteiger partial charge in [0.15, 0.2) is 6.54 Å². The zero-order valence-corrected chi connectivity index (χ0v) is 15.3. The Balaban J connectivity index is 1.78. The highest BCUT2D eigenvalue weighted by atomic mass is 16.5. The number of benzene rings is 2. The van der Waals surface area contributed by atoms with Crippen molar-refractivity contribution in [1.29, 1.82) is 0 Å². The quantitative estimate of drug-likeness (QED) is 0.859. The van der Waals surface area contributed by atoms with Crippen LogP contribution >= 0.6 is 0 Å². The maximum atomic E-state index is 11.8. The minimum atomic E-state index is -1.10. The molecule has 0 aromatic heterocycles. The Kier molecular flexibility index (Phi) is 4.32. The van der Waals surface area contributed by atoms with Crippen molar-refractivity contribution in [1.82, 2.24) is 0 Å². The zero-order chi connectivity index (χ0) is 18.1. The van der Waals surface area contributed by atoms with Crippen molar-refractivity contribution < 1.29 is 19.2 Å². The van der Waals surface area contributed by atoms with Crippen molar-refractivity contribution in [2.75, 3.05) is 32.2 Å². The summed E-state index contributed by atoms with van der Waals surface area (Å²) in [7, 11) is 3.31.